The van der Waals surface area contributed by atoms with Gasteiger partial charge < -0.3 is 5.32 Å². The summed E-state index contributed by atoms with van der Waals surface area (Å²) in [5.74, 6) is 0.150. The Morgan fingerprint density at radius 3 is 2.25 bits per heavy atom. The predicted octanol–water partition coefficient (Wildman–Crippen LogP) is 3.47. The fourth-order valence-electron chi connectivity index (χ4n) is 1.56. The van der Waals surface area contributed by atoms with Crippen LogP contribution in [0.25, 0.3) is 0 Å². The van der Waals surface area contributed by atoms with Gasteiger partial charge in [0.05, 0.1) is 0 Å². The van der Waals surface area contributed by atoms with Gasteiger partial charge in [0.25, 0.3) is 0 Å². The molecular formula is C14H27NO. The lowest BCUT2D eigenvalue weighted by atomic mass is 10.2. The molecule has 16 heavy (non-hydrogen) atoms. The van der Waals surface area contributed by atoms with Gasteiger partial charge in [0.15, 0.2) is 5.78 Å². The Hall–Kier alpha value is -0.630. The maximum atomic E-state index is 10.4. The molecule has 0 aromatic carbocycles. The monoisotopic (exact) mass is 225 g/mol. The molecule has 1 aliphatic rings. The number of nitrogens with one attached hydrogen (secondary N) is 1. The van der Waals surface area contributed by atoms with Crippen molar-refractivity contribution in [1.29, 1.82) is 0 Å². The summed E-state index contributed by atoms with van der Waals surface area (Å²) in [5.41, 5.74) is 0. The summed E-state index contributed by atoms with van der Waals surface area (Å²) in [5, 5.41) is 3.28. The van der Waals surface area contributed by atoms with Gasteiger partial charge in [0, 0.05) is 0 Å². The van der Waals surface area contributed by atoms with E-state index in [1.165, 1.54) is 51.6 Å². The van der Waals surface area contributed by atoms with E-state index in [4.69, 9.17) is 0 Å². The zero-order valence-electron chi connectivity index (χ0n) is 10.9. The number of hydrogen-bond acceptors (Lipinski definition) is 2. The van der Waals surface area contributed by atoms with Crippen molar-refractivity contribution >= 4 is 5.78 Å². The summed E-state index contributed by atoms with van der Waals surface area (Å²) in [7, 11) is 0. The Kier molecular flexibility index (Phi) is 11.9. The van der Waals surface area contributed by atoms with Gasteiger partial charge in [0.2, 0.25) is 0 Å². The maximum Gasteiger partial charge on any atom is 0.152 e. The summed E-state index contributed by atoms with van der Waals surface area (Å²) >= 11 is 0. The summed E-state index contributed by atoms with van der Waals surface area (Å²) in [6.45, 7) is 6.25. The second-order valence-corrected chi connectivity index (χ2v) is 4.32. The van der Waals surface area contributed by atoms with Crippen LogP contribution in [-0.2, 0) is 4.79 Å². The number of piperidine rings is 1. The molecule has 0 saturated carbocycles. The number of allylic oxidation sites excluding steroid dienone is 2. The Balaban J connectivity index is 0.000000315. The molecule has 2 nitrogen and oxygen atoms in total. The summed E-state index contributed by atoms with van der Waals surface area (Å²) < 4.78 is 0. The van der Waals surface area contributed by atoms with Crippen molar-refractivity contribution in [2.45, 2.75) is 58.8 Å². The zero-order chi connectivity index (χ0) is 12.1. The van der Waals surface area contributed by atoms with Gasteiger partial charge in [0.1, 0.15) is 0 Å². The van der Waals surface area contributed by atoms with Crippen molar-refractivity contribution in [3.63, 3.8) is 0 Å². The number of carbonyl (C=O) groups is 1. The van der Waals surface area contributed by atoms with E-state index >= 15 is 0 Å². The topological polar surface area (TPSA) is 29.1 Å². The fraction of sp³-hybridized carbons (Fsp3) is 0.786. The molecule has 1 heterocycles. The Morgan fingerprint density at radius 2 is 1.88 bits per heavy atom. The van der Waals surface area contributed by atoms with E-state index in [-0.39, 0.29) is 5.78 Å². The Labute approximate surface area is 101 Å². The lowest BCUT2D eigenvalue weighted by molar-refractivity contribution is -0.112. The molecule has 1 rings (SSSR count). The number of hydrogen-bond donors (Lipinski definition) is 1. The van der Waals surface area contributed by atoms with Gasteiger partial charge in [-0.25, -0.2) is 0 Å². The lowest BCUT2D eigenvalue weighted by Gasteiger charge is -2.08. The van der Waals surface area contributed by atoms with Crippen LogP contribution in [0.15, 0.2) is 12.2 Å². The van der Waals surface area contributed by atoms with Crippen molar-refractivity contribution in [1.82, 2.24) is 5.32 Å². The van der Waals surface area contributed by atoms with E-state index in [0.29, 0.717) is 0 Å². The summed E-state index contributed by atoms with van der Waals surface area (Å²) in [6.07, 6.45) is 12.6. The van der Waals surface area contributed by atoms with Crippen LogP contribution in [0.5, 0.6) is 0 Å². The van der Waals surface area contributed by atoms with Crippen molar-refractivity contribution < 1.29 is 4.79 Å². The van der Waals surface area contributed by atoms with Crippen molar-refractivity contribution in [3.8, 4) is 0 Å². The average molecular weight is 225 g/mol. The van der Waals surface area contributed by atoms with E-state index in [0.717, 1.165) is 6.42 Å². The molecule has 1 aliphatic heterocycles. The maximum absolute atomic E-state index is 10.4. The number of ketones is 1. The number of carbonyl (C=O) groups excluding carboxylic acids is 1. The molecule has 0 aromatic rings. The average Bonchev–Trinajstić information content (AvgIpc) is 2.31. The molecule has 0 spiro atoms. The summed E-state index contributed by atoms with van der Waals surface area (Å²) in [6, 6.07) is 0. The minimum Gasteiger partial charge on any atom is -0.317 e. The SMILES string of the molecule is C1CCNCC1.CCCCCC=CC(C)=O. The van der Waals surface area contributed by atoms with Crippen LogP contribution in [0.1, 0.15) is 58.8 Å². The molecule has 1 N–H and O–H groups in total. The van der Waals surface area contributed by atoms with Crippen LogP contribution < -0.4 is 5.32 Å². The molecular weight excluding hydrogens is 198 g/mol. The van der Waals surface area contributed by atoms with Crippen LogP contribution >= 0.6 is 0 Å². The highest BCUT2D eigenvalue weighted by Gasteiger charge is 1.93. The number of unbranched alkanes of at least 4 members (excludes halogenated alkanes) is 3. The first-order chi connectivity index (χ1) is 7.77. The van der Waals surface area contributed by atoms with Crippen LogP contribution in [0.3, 0.4) is 0 Å². The third-order valence-electron chi connectivity index (χ3n) is 2.53. The standard InChI is InChI=1S/C9H16O.C5H11N/c1-3-4-5-6-7-8-9(2)10;1-2-4-6-5-3-1/h7-8H,3-6H2,1-2H3;6H,1-5H2. The van der Waals surface area contributed by atoms with E-state index in [9.17, 15) is 4.79 Å². The highest BCUT2D eigenvalue weighted by Crippen LogP contribution is 1.99. The minimum absolute atomic E-state index is 0.150. The Morgan fingerprint density at radius 1 is 1.19 bits per heavy atom. The third kappa shape index (κ3) is 13.4. The van der Waals surface area contributed by atoms with Gasteiger partial charge in [-0.3, -0.25) is 4.79 Å². The molecule has 0 bridgehead atoms. The van der Waals surface area contributed by atoms with Gasteiger partial charge in [-0.05, 0) is 51.8 Å². The second kappa shape index (κ2) is 12.4. The molecule has 0 atom stereocenters. The van der Waals surface area contributed by atoms with Crippen molar-refractivity contribution in [3.05, 3.63) is 12.2 Å². The molecule has 0 unspecified atom stereocenters. The highest BCUT2D eigenvalue weighted by molar-refractivity contribution is 5.87. The van der Waals surface area contributed by atoms with E-state index < -0.39 is 0 Å². The zero-order valence-corrected chi connectivity index (χ0v) is 10.9. The lowest BCUT2D eigenvalue weighted by Crippen LogP contribution is -2.21. The van der Waals surface area contributed by atoms with E-state index in [1.807, 2.05) is 6.08 Å². The molecule has 0 amide bonds. The van der Waals surface area contributed by atoms with Crippen LogP contribution in [0.4, 0.5) is 0 Å². The molecule has 0 aliphatic carbocycles. The van der Waals surface area contributed by atoms with Gasteiger partial charge in [-0.1, -0.05) is 32.3 Å². The molecule has 1 saturated heterocycles. The molecule has 0 aromatic heterocycles. The minimum atomic E-state index is 0.150. The smallest absolute Gasteiger partial charge is 0.152 e. The first-order valence-corrected chi connectivity index (χ1v) is 6.65. The third-order valence-corrected chi connectivity index (χ3v) is 2.53. The number of rotatable bonds is 5. The molecule has 2 heteroatoms. The van der Waals surface area contributed by atoms with E-state index in [2.05, 4.69) is 12.2 Å². The van der Waals surface area contributed by atoms with Crippen LogP contribution in [0, 0.1) is 0 Å². The van der Waals surface area contributed by atoms with Gasteiger partial charge in [-0.15, -0.1) is 0 Å². The molecule has 0 radical (unpaired) electrons. The van der Waals surface area contributed by atoms with Gasteiger partial charge in [-0.2, -0.15) is 0 Å². The molecule has 94 valence electrons. The van der Waals surface area contributed by atoms with Crippen LogP contribution in [-0.4, -0.2) is 18.9 Å². The van der Waals surface area contributed by atoms with Crippen molar-refractivity contribution in [2.75, 3.05) is 13.1 Å². The first kappa shape index (κ1) is 15.4. The molecule has 1 fully saturated rings. The second-order valence-electron chi connectivity index (χ2n) is 4.32. The largest absolute Gasteiger partial charge is 0.317 e. The fourth-order valence-corrected chi connectivity index (χ4v) is 1.56. The summed E-state index contributed by atoms with van der Waals surface area (Å²) in [4.78, 5) is 10.4. The van der Waals surface area contributed by atoms with Crippen LogP contribution in [0.2, 0.25) is 0 Å². The van der Waals surface area contributed by atoms with Gasteiger partial charge >= 0.3 is 0 Å². The Bertz CT molecular complexity index is 172. The highest BCUT2D eigenvalue weighted by atomic mass is 16.1. The van der Waals surface area contributed by atoms with E-state index in [1.54, 1.807) is 13.0 Å². The normalized spacial score (nSPS) is 15.6. The predicted molar refractivity (Wildman–Crippen MR) is 70.7 cm³/mol. The first-order valence-electron chi connectivity index (χ1n) is 6.65. The quantitative estimate of drug-likeness (QED) is 0.573. The van der Waals surface area contributed by atoms with Crippen molar-refractivity contribution in [2.24, 2.45) is 0 Å².